The van der Waals surface area contributed by atoms with Crippen molar-refractivity contribution in [3.05, 3.63) is 0 Å². The summed E-state index contributed by atoms with van der Waals surface area (Å²) in [5.74, 6) is -1.32. The third-order valence-electron chi connectivity index (χ3n) is 12.0. The largest absolute Gasteiger partial charge is 0.379 e. The van der Waals surface area contributed by atoms with Crippen molar-refractivity contribution in [2.75, 3.05) is 139 Å². The van der Waals surface area contributed by atoms with Gasteiger partial charge >= 0.3 is 0 Å². The van der Waals surface area contributed by atoms with Crippen LogP contribution in [0.5, 0.6) is 0 Å². The molecule has 428 valence electrons. The number of primary amides is 1. The van der Waals surface area contributed by atoms with Crippen LogP contribution >= 0.6 is 0 Å². The van der Waals surface area contributed by atoms with E-state index in [1.54, 1.807) is 0 Å². The zero-order valence-electron chi connectivity index (χ0n) is 46.1. The highest BCUT2D eigenvalue weighted by Gasteiger charge is 2.20. The number of hydrogen-bond acceptors (Lipinski definition) is 14. The molecular weight excluding hydrogens is 925 g/mol. The first-order valence-electron chi connectivity index (χ1n) is 28.8. The van der Waals surface area contributed by atoms with Crippen LogP contribution < -0.4 is 22.1 Å². The Morgan fingerprint density at radius 2 is 0.736 bits per heavy atom. The van der Waals surface area contributed by atoms with E-state index in [2.05, 4.69) is 24.5 Å². The number of nitrogens with two attached hydrogens (primary N) is 2. The van der Waals surface area contributed by atoms with E-state index in [0.29, 0.717) is 132 Å². The molecule has 0 radical (unpaired) electrons. The molecule has 0 fully saturated rings. The van der Waals surface area contributed by atoms with Gasteiger partial charge < -0.3 is 69.5 Å². The molecule has 0 aromatic carbocycles. The van der Waals surface area contributed by atoms with Gasteiger partial charge in [-0.1, -0.05) is 155 Å². The molecule has 0 rings (SSSR count). The van der Waals surface area contributed by atoms with Gasteiger partial charge in [-0.3, -0.25) is 14.4 Å². The highest BCUT2D eigenvalue weighted by Crippen LogP contribution is 2.14. The van der Waals surface area contributed by atoms with E-state index in [1.165, 1.54) is 128 Å². The van der Waals surface area contributed by atoms with Gasteiger partial charge in [-0.05, 0) is 19.3 Å². The number of hydrogen-bond donors (Lipinski definition) is 4. The molecule has 0 bridgehead atoms. The Bertz CT molecular complexity index is 1130. The molecule has 6 N–H and O–H groups in total. The first-order valence-corrected chi connectivity index (χ1v) is 28.8. The minimum atomic E-state index is -0.970. The van der Waals surface area contributed by atoms with E-state index in [0.717, 1.165) is 25.7 Å². The molecule has 0 spiro atoms. The third-order valence-corrected chi connectivity index (χ3v) is 12.0. The van der Waals surface area contributed by atoms with E-state index in [1.807, 2.05) is 0 Å². The summed E-state index contributed by atoms with van der Waals surface area (Å²) < 4.78 is 55.9. The predicted molar refractivity (Wildman–Crippen MR) is 286 cm³/mol. The Labute approximate surface area is 438 Å². The van der Waals surface area contributed by atoms with Crippen LogP contribution in [0.3, 0.4) is 0 Å². The SMILES string of the molecule is CCCCCCCCCCCCCCOCC(CNC(=O)CCC(NC(=O)CCOCCOCCOCCOCCOCCOCCOCCOCCN)C(N)=O)OCCCCCCCCCCCCCC. The van der Waals surface area contributed by atoms with Gasteiger partial charge in [-0.2, -0.15) is 0 Å². The zero-order chi connectivity index (χ0) is 52.3. The molecule has 0 aliphatic carbocycles. The standard InChI is InChI=1S/C55H110N4O13/c1-3-5-7-9-11-13-15-17-19-21-23-25-31-71-50-51(72-32-26-24-22-20-18-16-14-12-10-8-6-4-2)49-58-53(60)28-27-52(55(57)62)59-54(61)29-33-63-35-37-65-39-41-67-43-45-69-47-48-70-46-44-68-42-40-66-38-36-64-34-30-56/h51-52H,3-50,56H2,1-2H3,(H2,57,62)(H,58,60)(H,59,61). The van der Waals surface area contributed by atoms with E-state index in [9.17, 15) is 14.4 Å². The predicted octanol–water partition coefficient (Wildman–Crippen LogP) is 8.14. The van der Waals surface area contributed by atoms with E-state index < -0.39 is 11.9 Å². The quantitative estimate of drug-likeness (QED) is 0.0423. The van der Waals surface area contributed by atoms with E-state index in [-0.39, 0.29) is 43.8 Å². The zero-order valence-corrected chi connectivity index (χ0v) is 46.1. The Balaban J connectivity index is 4.18. The number of ether oxygens (including phenoxy) is 10. The lowest BCUT2D eigenvalue weighted by Gasteiger charge is -2.20. The lowest BCUT2D eigenvalue weighted by atomic mass is 10.1. The third kappa shape index (κ3) is 55.7. The Morgan fingerprint density at radius 1 is 0.389 bits per heavy atom. The Kier molecular flexibility index (Phi) is 58.2. The van der Waals surface area contributed by atoms with Gasteiger partial charge in [0.05, 0.1) is 118 Å². The van der Waals surface area contributed by atoms with Gasteiger partial charge in [-0.15, -0.1) is 0 Å². The average molecular weight is 1040 g/mol. The van der Waals surface area contributed by atoms with Crippen molar-refractivity contribution in [2.24, 2.45) is 11.5 Å². The molecule has 0 aliphatic heterocycles. The minimum absolute atomic E-state index is 0.0287. The Morgan fingerprint density at radius 3 is 1.11 bits per heavy atom. The van der Waals surface area contributed by atoms with Gasteiger partial charge in [0.15, 0.2) is 0 Å². The number of carbonyl (C=O) groups is 3. The number of amides is 3. The van der Waals surface area contributed by atoms with Crippen molar-refractivity contribution < 1.29 is 61.8 Å². The second-order valence-electron chi connectivity index (χ2n) is 18.6. The van der Waals surface area contributed by atoms with Gasteiger partial charge in [0.25, 0.3) is 0 Å². The summed E-state index contributed by atoms with van der Waals surface area (Å²) in [4.78, 5) is 37.7. The summed E-state index contributed by atoms with van der Waals surface area (Å²) >= 11 is 0. The number of carbonyl (C=O) groups excluding carboxylic acids is 3. The lowest BCUT2D eigenvalue weighted by Crippen LogP contribution is -2.45. The van der Waals surface area contributed by atoms with Gasteiger partial charge in [-0.25, -0.2) is 0 Å². The fraction of sp³-hybridized carbons (Fsp3) is 0.945. The fourth-order valence-corrected chi connectivity index (χ4v) is 7.65. The first-order chi connectivity index (χ1) is 35.4. The second-order valence-corrected chi connectivity index (χ2v) is 18.6. The molecule has 0 aliphatic rings. The molecular formula is C55H110N4O13. The van der Waals surface area contributed by atoms with Crippen molar-refractivity contribution in [3.8, 4) is 0 Å². The number of rotatable bonds is 62. The maximum atomic E-state index is 12.9. The van der Waals surface area contributed by atoms with Gasteiger partial charge in [0.2, 0.25) is 17.7 Å². The van der Waals surface area contributed by atoms with Crippen molar-refractivity contribution >= 4 is 17.7 Å². The number of nitrogens with one attached hydrogen (secondary N) is 2. The first kappa shape index (κ1) is 70.0. The molecule has 3 amide bonds. The van der Waals surface area contributed by atoms with Crippen LogP contribution in [0.25, 0.3) is 0 Å². The highest BCUT2D eigenvalue weighted by atomic mass is 16.6. The molecule has 2 unspecified atom stereocenters. The van der Waals surface area contributed by atoms with Crippen molar-refractivity contribution in [1.82, 2.24) is 10.6 Å². The Hall–Kier alpha value is -2.03. The van der Waals surface area contributed by atoms with Crippen LogP contribution in [-0.4, -0.2) is 168 Å². The van der Waals surface area contributed by atoms with E-state index >= 15 is 0 Å². The van der Waals surface area contributed by atoms with Crippen molar-refractivity contribution in [1.29, 1.82) is 0 Å². The summed E-state index contributed by atoms with van der Waals surface area (Å²) in [6, 6.07) is -0.970. The molecule has 72 heavy (non-hydrogen) atoms. The maximum absolute atomic E-state index is 12.9. The van der Waals surface area contributed by atoms with Gasteiger partial charge in [0.1, 0.15) is 6.04 Å². The molecule has 0 heterocycles. The van der Waals surface area contributed by atoms with Gasteiger partial charge in [0, 0.05) is 39.1 Å². The summed E-state index contributed by atoms with van der Waals surface area (Å²) in [6.07, 6.45) is 30.8. The maximum Gasteiger partial charge on any atom is 0.240 e. The minimum Gasteiger partial charge on any atom is -0.379 e. The molecule has 17 heteroatoms. The van der Waals surface area contributed by atoms with Crippen LogP contribution in [0.4, 0.5) is 0 Å². The lowest BCUT2D eigenvalue weighted by molar-refractivity contribution is -0.129. The molecule has 0 saturated carbocycles. The summed E-state index contributed by atoms with van der Waals surface area (Å²) in [7, 11) is 0. The second kappa shape index (κ2) is 59.8. The molecule has 0 saturated heterocycles. The molecule has 0 aromatic heterocycles. The highest BCUT2D eigenvalue weighted by molar-refractivity contribution is 5.87. The summed E-state index contributed by atoms with van der Waals surface area (Å²) in [6.45, 7) is 14.1. The molecule has 2 atom stereocenters. The van der Waals surface area contributed by atoms with Crippen LogP contribution in [0.2, 0.25) is 0 Å². The van der Waals surface area contributed by atoms with Crippen LogP contribution in [-0.2, 0) is 61.8 Å². The summed E-state index contributed by atoms with van der Waals surface area (Å²) in [5.41, 5.74) is 10.9. The van der Waals surface area contributed by atoms with Crippen LogP contribution in [0.1, 0.15) is 187 Å². The monoisotopic (exact) mass is 1030 g/mol. The van der Waals surface area contributed by atoms with Crippen molar-refractivity contribution in [3.63, 3.8) is 0 Å². The average Bonchev–Trinajstić information content (AvgIpc) is 3.37. The van der Waals surface area contributed by atoms with Crippen LogP contribution in [0, 0.1) is 0 Å². The number of unbranched alkanes of at least 4 members (excludes halogenated alkanes) is 22. The summed E-state index contributed by atoms with van der Waals surface area (Å²) in [5, 5.41) is 5.60. The smallest absolute Gasteiger partial charge is 0.240 e. The van der Waals surface area contributed by atoms with Crippen molar-refractivity contribution in [2.45, 2.75) is 199 Å². The normalized spacial score (nSPS) is 12.4. The topological polar surface area (TPSA) is 220 Å². The molecule has 17 nitrogen and oxygen atoms in total. The van der Waals surface area contributed by atoms with Crippen LogP contribution in [0.15, 0.2) is 0 Å². The fourth-order valence-electron chi connectivity index (χ4n) is 7.65. The molecule has 0 aromatic rings. The van der Waals surface area contributed by atoms with E-state index in [4.69, 9.17) is 58.8 Å².